The SMILES string of the molecule is O=S(=O)(NCCOCC(F)F)c1csc(CO)c1. The van der Waals surface area contributed by atoms with Gasteiger partial charge in [0.2, 0.25) is 10.0 Å². The number of thiophene rings is 1. The number of aliphatic hydroxyl groups is 1. The van der Waals surface area contributed by atoms with Gasteiger partial charge in [0.15, 0.2) is 0 Å². The lowest BCUT2D eigenvalue weighted by molar-refractivity contribution is 0.0199. The van der Waals surface area contributed by atoms with Crippen LogP contribution in [0.15, 0.2) is 16.3 Å². The van der Waals surface area contributed by atoms with Gasteiger partial charge in [0.25, 0.3) is 6.43 Å². The standard InChI is InChI=1S/C9H13F2NO4S2/c10-9(11)5-16-2-1-12-18(14,15)8-3-7(4-13)17-6-8/h3,6,9,12-13H,1-2,4-5H2. The molecule has 0 aliphatic rings. The molecule has 0 fully saturated rings. The average molecular weight is 301 g/mol. The fraction of sp³-hybridized carbons (Fsp3) is 0.556. The second-order valence-corrected chi connectivity index (χ2v) is 6.03. The molecular weight excluding hydrogens is 288 g/mol. The summed E-state index contributed by atoms with van der Waals surface area (Å²) in [5.74, 6) is 0. The second-order valence-electron chi connectivity index (χ2n) is 3.27. The van der Waals surface area contributed by atoms with Gasteiger partial charge in [0, 0.05) is 16.8 Å². The van der Waals surface area contributed by atoms with Crippen LogP contribution in [-0.4, -0.2) is 39.7 Å². The molecule has 1 aromatic heterocycles. The highest BCUT2D eigenvalue weighted by Crippen LogP contribution is 2.18. The van der Waals surface area contributed by atoms with Crippen LogP contribution in [0.3, 0.4) is 0 Å². The minimum absolute atomic E-state index is 0.0467. The van der Waals surface area contributed by atoms with Crippen molar-refractivity contribution in [3.05, 3.63) is 16.3 Å². The van der Waals surface area contributed by atoms with Crippen LogP contribution in [0.1, 0.15) is 4.88 Å². The first kappa shape index (κ1) is 15.4. The van der Waals surface area contributed by atoms with E-state index in [9.17, 15) is 17.2 Å². The number of ether oxygens (including phenoxy) is 1. The monoisotopic (exact) mass is 301 g/mol. The third-order valence-electron chi connectivity index (χ3n) is 1.88. The zero-order valence-electron chi connectivity index (χ0n) is 9.30. The Morgan fingerprint density at radius 1 is 1.50 bits per heavy atom. The van der Waals surface area contributed by atoms with Gasteiger partial charge in [0.05, 0.1) is 18.1 Å². The van der Waals surface area contributed by atoms with Crippen LogP contribution in [0.25, 0.3) is 0 Å². The quantitative estimate of drug-likeness (QED) is 0.697. The molecule has 0 bridgehead atoms. The third-order valence-corrected chi connectivity index (χ3v) is 4.39. The van der Waals surface area contributed by atoms with Gasteiger partial charge in [-0.25, -0.2) is 21.9 Å². The number of nitrogens with one attached hydrogen (secondary N) is 1. The number of sulfonamides is 1. The Labute approximate surface area is 107 Å². The second kappa shape index (κ2) is 7.10. The molecule has 104 valence electrons. The Bertz CT molecular complexity index is 461. The van der Waals surface area contributed by atoms with E-state index >= 15 is 0 Å². The predicted octanol–water partition coefficient (Wildman–Crippen LogP) is 0.800. The fourth-order valence-corrected chi connectivity index (χ4v) is 3.24. The lowest BCUT2D eigenvalue weighted by Crippen LogP contribution is -2.27. The number of aliphatic hydroxyl groups excluding tert-OH is 1. The molecule has 1 heterocycles. The van der Waals surface area contributed by atoms with Crippen molar-refractivity contribution >= 4 is 21.4 Å². The summed E-state index contributed by atoms with van der Waals surface area (Å²) in [6, 6.07) is 1.35. The number of alkyl halides is 2. The summed E-state index contributed by atoms with van der Waals surface area (Å²) in [5.41, 5.74) is 0. The van der Waals surface area contributed by atoms with Gasteiger partial charge in [-0.15, -0.1) is 11.3 Å². The number of halogens is 2. The highest BCUT2D eigenvalue weighted by molar-refractivity contribution is 7.89. The maximum atomic E-state index is 11.7. The van der Waals surface area contributed by atoms with Crippen molar-refractivity contribution < 1.29 is 27.0 Å². The summed E-state index contributed by atoms with van der Waals surface area (Å²) in [6.45, 7) is -1.15. The highest BCUT2D eigenvalue weighted by Gasteiger charge is 2.15. The Morgan fingerprint density at radius 2 is 2.22 bits per heavy atom. The fourth-order valence-electron chi connectivity index (χ4n) is 1.09. The van der Waals surface area contributed by atoms with E-state index in [1.807, 2.05) is 0 Å². The van der Waals surface area contributed by atoms with E-state index in [0.29, 0.717) is 4.88 Å². The zero-order chi connectivity index (χ0) is 13.6. The van der Waals surface area contributed by atoms with Crippen molar-refractivity contribution in [2.75, 3.05) is 19.8 Å². The van der Waals surface area contributed by atoms with Crippen LogP contribution in [0, 0.1) is 0 Å². The summed E-state index contributed by atoms with van der Waals surface area (Å²) < 4.78 is 53.5. The first-order valence-electron chi connectivity index (χ1n) is 4.99. The van der Waals surface area contributed by atoms with E-state index in [1.165, 1.54) is 11.4 Å². The topological polar surface area (TPSA) is 75.6 Å². The first-order chi connectivity index (χ1) is 8.45. The molecule has 0 spiro atoms. The molecule has 0 unspecified atom stereocenters. The molecule has 0 atom stereocenters. The van der Waals surface area contributed by atoms with Crippen molar-refractivity contribution in [1.82, 2.24) is 4.72 Å². The van der Waals surface area contributed by atoms with E-state index in [-0.39, 0.29) is 24.7 Å². The molecule has 0 radical (unpaired) electrons. The molecule has 1 rings (SSSR count). The van der Waals surface area contributed by atoms with Crippen LogP contribution in [-0.2, 0) is 21.4 Å². The normalized spacial score (nSPS) is 12.2. The molecule has 0 amide bonds. The molecule has 0 aromatic carbocycles. The largest absolute Gasteiger partial charge is 0.391 e. The van der Waals surface area contributed by atoms with Crippen LogP contribution in [0.4, 0.5) is 8.78 Å². The molecule has 0 saturated carbocycles. The van der Waals surface area contributed by atoms with Crippen molar-refractivity contribution in [3.63, 3.8) is 0 Å². The lowest BCUT2D eigenvalue weighted by Gasteiger charge is -2.05. The molecule has 0 aliphatic heterocycles. The lowest BCUT2D eigenvalue weighted by atomic mass is 10.5. The number of hydrogen-bond donors (Lipinski definition) is 2. The Kier molecular flexibility index (Phi) is 6.09. The van der Waals surface area contributed by atoms with Gasteiger partial charge in [-0.1, -0.05) is 0 Å². The predicted molar refractivity (Wildman–Crippen MR) is 62.3 cm³/mol. The number of hydrogen-bond acceptors (Lipinski definition) is 5. The minimum atomic E-state index is -3.67. The molecule has 9 heteroatoms. The third kappa shape index (κ3) is 4.94. The van der Waals surface area contributed by atoms with Crippen molar-refractivity contribution in [2.45, 2.75) is 17.9 Å². The average Bonchev–Trinajstić information content (AvgIpc) is 2.77. The molecular formula is C9H13F2NO4S2. The number of rotatable bonds is 8. The Hall–Kier alpha value is -0.610. The maximum Gasteiger partial charge on any atom is 0.261 e. The Morgan fingerprint density at radius 3 is 2.78 bits per heavy atom. The van der Waals surface area contributed by atoms with Crippen molar-refractivity contribution in [3.8, 4) is 0 Å². The van der Waals surface area contributed by atoms with Gasteiger partial charge in [-0.2, -0.15) is 0 Å². The van der Waals surface area contributed by atoms with Gasteiger partial charge >= 0.3 is 0 Å². The van der Waals surface area contributed by atoms with Gasteiger partial charge < -0.3 is 9.84 Å². The first-order valence-corrected chi connectivity index (χ1v) is 7.36. The zero-order valence-corrected chi connectivity index (χ0v) is 10.9. The molecule has 5 nitrogen and oxygen atoms in total. The van der Waals surface area contributed by atoms with E-state index in [4.69, 9.17) is 5.11 Å². The summed E-state index contributed by atoms with van der Waals surface area (Å²) in [5, 5.41) is 10.2. The molecule has 0 saturated heterocycles. The summed E-state index contributed by atoms with van der Waals surface area (Å²) in [6.07, 6.45) is -2.56. The summed E-state index contributed by atoms with van der Waals surface area (Å²) in [7, 11) is -3.67. The molecule has 1 aromatic rings. The smallest absolute Gasteiger partial charge is 0.261 e. The van der Waals surface area contributed by atoms with Crippen LogP contribution in [0.2, 0.25) is 0 Å². The van der Waals surface area contributed by atoms with E-state index < -0.39 is 23.1 Å². The molecule has 2 N–H and O–H groups in total. The summed E-state index contributed by atoms with van der Waals surface area (Å²) in [4.78, 5) is 0.578. The molecule has 18 heavy (non-hydrogen) atoms. The van der Waals surface area contributed by atoms with Gasteiger partial charge in [0.1, 0.15) is 6.61 Å². The van der Waals surface area contributed by atoms with E-state index in [2.05, 4.69) is 9.46 Å². The molecule has 0 aliphatic carbocycles. The van der Waals surface area contributed by atoms with E-state index in [0.717, 1.165) is 11.3 Å². The van der Waals surface area contributed by atoms with Crippen molar-refractivity contribution in [2.24, 2.45) is 0 Å². The van der Waals surface area contributed by atoms with Crippen LogP contribution in [0.5, 0.6) is 0 Å². The summed E-state index contributed by atoms with van der Waals surface area (Å²) >= 11 is 1.12. The van der Waals surface area contributed by atoms with Gasteiger partial charge in [-0.3, -0.25) is 0 Å². The minimum Gasteiger partial charge on any atom is -0.391 e. The van der Waals surface area contributed by atoms with E-state index in [1.54, 1.807) is 0 Å². The highest BCUT2D eigenvalue weighted by atomic mass is 32.2. The van der Waals surface area contributed by atoms with Crippen LogP contribution >= 0.6 is 11.3 Å². The Balaban J connectivity index is 2.40. The maximum absolute atomic E-state index is 11.7. The van der Waals surface area contributed by atoms with Gasteiger partial charge in [-0.05, 0) is 6.07 Å². The van der Waals surface area contributed by atoms with Crippen molar-refractivity contribution in [1.29, 1.82) is 0 Å². The van der Waals surface area contributed by atoms with Crippen LogP contribution < -0.4 is 4.72 Å².